The van der Waals surface area contributed by atoms with E-state index in [4.69, 9.17) is 4.74 Å². The van der Waals surface area contributed by atoms with Crippen LogP contribution < -0.4 is 0 Å². The number of hydrogen-bond acceptors (Lipinski definition) is 3. The number of aliphatic carboxylic acids is 1. The van der Waals surface area contributed by atoms with E-state index < -0.39 is 11.9 Å². The molecule has 22 heavy (non-hydrogen) atoms. The zero-order chi connectivity index (χ0) is 16.0. The maximum atomic E-state index is 12.4. The molecule has 2 aliphatic carbocycles. The number of carbonyl (C=O) groups is 2. The maximum absolute atomic E-state index is 12.4. The van der Waals surface area contributed by atoms with Gasteiger partial charge in [0, 0.05) is 19.3 Å². The van der Waals surface area contributed by atoms with E-state index in [0.717, 1.165) is 21.8 Å². The van der Waals surface area contributed by atoms with Crippen molar-refractivity contribution in [2.75, 3.05) is 0 Å². The van der Waals surface area contributed by atoms with Gasteiger partial charge in [-0.25, -0.2) is 4.79 Å². The van der Waals surface area contributed by atoms with Crippen LogP contribution in [0.2, 0.25) is 0 Å². The second-order valence-electron chi connectivity index (χ2n) is 5.87. The molecule has 0 heterocycles. The molecule has 2 saturated carbocycles. The Kier molecular flexibility index (Phi) is 4.67. The molecule has 1 aromatic rings. The quantitative estimate of drug-likeness (QED) is 0.489. The van der Waals surface area contributed by atoms with E-state index in [1.54, 1.807) is 6.07 Å². The predicted octanol–water partition coefficient (Wildman–Crippen LogP) is 4.63. The highest BCUT2D eigenvalue weighted by molar-refractivity contribution is 9.13. The highest BCUT2D eigenvalue weighted by atomic mass is 79.9. The summed E-state index contributed by atoms with van der Waals surface area (Å²) in [5.41, 5.74) is 0.427. The van der Waals surface area contributed by atoms with Gasteiger partial charge in [-0.15, -0.1) is 0 Å². The van der Waals surface area contributed by atoms with Gasteiger partial charge in [-0.1, -0.05) is 15.9 Å². The second-order valence-corrected chi connectivity index (χ2v) is 8.44. The van der Waals surface area contributed by atoms with Crippen LogP contribution in [0.5, 0.6) is 0 Å². The summed E-state index contributed by atoms with van der Waals surface area (Å²) in [4.78, 5) is 23.7. The normalized spacial score (nSPS) is 29.6. The van der Waals surface area contributed by atoms with Crippen molar-refractivity contribution in [2.24, 2.45) is 17.8 Å². The molecule has 2 bridgehead atoms. The van der Waals surface area contributed by atoms with Crippen LogP contribution >= 0.6 is 47.8 Å². The van der Waals surface area contributed by atoms with Crippen molar-refractivity contribution >= 4 is 59.7 Å². The van der Waals surface area contributed by atoms with Gasteiger partial charge >= 0.3 is 11.9 Å². The van der Waals surface area contributed by atoms with Crippen LogP contribution in [0.25, 0.3) is 0 Å². The lowest BCUT2D eigenvalue weighted by Crippen LogP contribution is -2.33. The molecule has 4 nitrogen and oxygen atoms in total. The van der Waals surface area contributed by atoms with Crippen LogP contribution in [0.1, 0.15) is 29.6 Å². The van der Waals surface area contributed by atoms with Crippen molar-refractivity contribution < 1.29 is 19.4 Å². The van der Waals surface area contributed by atoms with Crippen LogP contribution in [0.15, 0.2) is 25.6 Å². The van der Waals surface area contributed by atoms with Crippen molar-refractivity contribution in [3.8, 4) is 0 Å². The predicted molar refractivity (Wildman–Crippen MR) is 90.7 cm³/mol. The molecular formula is C15H13Br3O4. The van der Waals surface area contributed by atoms with Gasteiger partial charge in [0.15, 0.2) is 0 Å². The Bertz CT molecular complexity index is 646. The van der Waals surface area contributed by atoms with Crippen molar-refractivity contribution in [1.82, 2.24) is 0 Å². The molecule has 4 atom stereocenters. The molecule has 1 N–H and O–H groups in total. The molecule has 0 radical (unpaired) electrons. The first-order valence-corrected chi connectivity index (χ1v) is 9.33. The summed E-state index contributed by atoms with van der Waals surface area (Å²) in [6.45, 7) is 0. The third kappa shape index (κ3) is 2.99. The van der Waals surface area contributed by atoms with Crippen LogP contribution in [0.4, 0.5) is 0 Å². The third-order valence-corrected chi connectivity index (χ3v) is 7.01. The first-order valence-electron chi connectivity index (χ1n) is 6.95. The minimum absolute atomic E-state index is 0.0548. The Labute approximate surface area is 153 Å². The van der Waals surface area contributed by atoms with Gasteiger partial charge < -0.3 is 9.84 Å². The monoisotopic (exact) mass is 494 g/mol. The first kappa shape index (κ1) is 16.5. The van der Waals surface area contributed by atoms with Gasteiger partial charge in [-0.3, -0.25) is 4.79 Å². The minimum Gasteiger partial charge on any atom is -0.481 e. The van der Waals surface area contributed by atoms with Gasteiger partial charge in [0.2, 0.25) is 0 Å². The second kappa shape index (κ2) is 6.24. The Morgan fingerprint density at radius 1 is 1.14 bits per heavy atom. The van der Waals surface area contributed by atoms with Gasteiger partial charge in [-0.05, 0) is 69.2 Å². The van der Waals surface area contributed by atoms with Crippen LogP contribution in [0, 0.1) is 17.8 Å². The van der Waals surface area contributed by atoms with E-state index >= 15 is 0 Å². The van der Waals surface area contributed by atoms with E-state index in [1.807, 2.05) is 6.07 Å². The SMILES string of the molecule is O=C(OC1CC2CC(C(=O)O)C1C2)c1cc(Br)cc(Br)c1Br. The number of fused-ring (bicyclic) bond motifs is 2. The number of rotatable bonds is 3. The summed E-state index contributed by atoms with van der Waals surface area (Å²) in [6, 6.07) is 3.53. The lowest BCUT2D eigenvalue weighted by molar-refractivity contribution is -0.145. The summed E-state index contributed by atoms with van der Waals surface area (Å²) < 4.78 is 7.79. The summed E-state index contributed by atoms with van der Waals surface area (Å²) in [5, 5.41) is 9.26. The molecule has 0 aliphatic heterocycles. The van der Waals surface area contributed by atoms with Gasteiger partial charge in [-0.2, -0.15) is 0 Å². The number of carbonyl (C=O) groups excluding carboxylic acids is 1. The average Bonchev–Trinajstić information content (AvgIpc) is 3.02. The molecule has 4 unspecified atom stereocenters. The molecule has 2 aliphatic rings. The van der Waals surface area contributed by atoms with Crippen LogP contribution in [-0.2, 0) is 9.53 Å². The summed E-state index contributed by atoms with van der Waals surface area (Å²) in [6.07, 6.45) is 2.03. The van der Waals surface area contributed by atoms with Crippen molar-refractivity contribution in [3.63, 3.8) is 0 Å². The standard InChI is InChI=1S/C15H13Br3O4/c16-7-4-10(13(18)11(17)5-7)15(21)22-12-3-6-1-8(12)9(2-6)14(19)20/h4-6,8-9,12H,1-3H2,(H,19,20). The molecule has 1 aromatic carbocycles. The fourth-order valence-corrected chi connectivity index (χ4v) is 5.23. The third-order valence-electron chi connectivity index (χ3n) is 4.54. The molecular weight excluding hydrogens is 484 g/mol. The van der Waals surface area contributed by atoms with Gasteiger partial charge in [0.25, 0.3) is 0 Å². The molecule has 3 rings (SSSR count). The molecule has 0 saturated heterocycles. The van der Waals surface area contributed by atoms with Gasteiger partial charge in [0.1, 0.15) is 6.10 Å². The van der Waals surface area contributed by atoms with Crippen LogP contribution in [-0.4, -0.2) is 23.1 Å². The van der Waals surface area contributed by atoms with Crippen molar-refractivity contribution in [3.05, 3.63) is 31.1 Å². The number of ether oxygens (including phenoxy) is 1. The Hall–Kier alpha value is -0.400. The lowest BCUT2D eigenvalue weighted by atomic mass is 9.86. The molecule has 0 amide bonds. The molecule has 7 heteroatoms. The summed E-state index contributed by atoms with van der Waals surface area (Å²) >= 11 is 10.1. The van der Waals surface area contributed by atoms with E-state index in [-0.39, 0.29) is 17.9 Å². The van der Waals surface area contributed by atoms with E-state index in [1.165, 1.54) is 0 Å². The van der Waals surface area contributed by atoms with Crippen molar-refractivity contribution in [1.29, 1.82) is 0 Å². The fourth-order valence-electron chi connectivity index (χ4n) is 3.61. The molecule has 118 valence electrons. The number of benzene rings is 1. The largest absolute Gasteiger partial charge is 0.481 e. The molecule has 0 aromatic heterocycles. The minimum atomic E-state index is -0.778. The Balaban J connectivity index is 1.77. The summed E-state index contributed by atoms with van der Waals surface area (Å²) in [5.74, 6) is -1.27. The highest BCUT2D eigenvalue weighted by Gasteiger charge is 2.51. The molecule has 0 spiro atoms. The Morgan fingerprint density at radius 3 is 2.50 bits per heavy atom. The zero-order valence-corrected chi connectivity index (χ0v) is 16.1. The van der Waals surface area contributed by atoms with Gasteiger partial charge in [0.05, 0.1) is 11.5 Å². The highest BCUT2D eigenvalue weighted by Crippen LogP contribution is 2.50. The van der Waals surface area contributed by atoms with E-state index in [2.05, 4.69) is 47.8 Å². The number of carboxylic acids is 1. The summed E-state index contributed by atoms with van der Waals surface area (Å²) in [7, 11) is 0. The van der Waals surface area contributed by atoms with Crippen LogP contribution in [0.3, 0.4) is 0 Å². The average molecular weight is 497 g/mol. The number of halogens is 3. The zero-order valence-electron chi connectivity index (χ0n) is 11.4. The van der Waals surface area contributed by atoms with E-state index in [0.29, 0.717) is 22.4 Å². The smallest absolute Gasteiger partial charge is 0.339 e. The lowest BCUT2D eigenvalue weighted by Gasteiger charge is -2.26. The molecule has 2 fully saturated rings. The topological polar surface area (TPSA) is 63.6 Å². The van der Waals surface area contributed by atoms with Crippen molar-refractivity contribution in [2.45, 2.75) is 25.4 Å². The van der Waals surface area contributed by atoms with E-state index in [9.17, 15) is 14.7 Å². The Morgan fingerprint density at radius 2 is 1.86 bits per heavy atom. The number of esters is 1. The first-order chi connectivity index (χ1) is 10.4. The fraction of sp³-hybridized carbons (Fsp3) is 0.467. The number of carboxylic acid groups (broad SMARTS) is 1. The maximum Gasteiger partial charge on any atom is 0.339 e. The number of hydrogen-bond donors (Lipinski definition) is 1.